The second-order valence-corrected chi connectivity index (χ2v) is 3.62. The summed E-state index contributed by atoms with van der Waals surface area (Å²) >= 11 is 0. The van der Waals surface area contributed by atoms with E-state index in [9.17, 15) is 0 Å². The van der Waals surface area contributed by atoms with Gasteiger partial charge < -0.3 is 0 Å². The van der Waals surface area contributed by atoms with Crippen molar-refractivity contribution in [3.05, 3.63) is 42.4 Å². The fraction of sp³-hybridized carbons (Fsp3) is 0.0833. The van der Waals surface area contributed by atoms with Crippen molar-refractivity contribution in [1.29, 1.82) is 0 Å². The minimum atomic E-state index is 0.719. The molecule has 0 amide bonds. The number of benzene rings is 1. The Kier molecular flexibility index (Phi) is 1.93. The van der Waals surface area contributed by atoms with Gasteiger partial charge in [0.05, 0.1) is 5.52 Å². The summed E-state index contributed by atoms with van der Waals surface area (Å²) in [6.07, 6.45) is 1.79. The molecule has 0 radical (unpaired) electrons. The number of aryl methyl sites for hydroxylation is 1. The van der Waals surface area contributed by atoms with Gasteiger partial charge in [-0.1, -0.05) is 18.2 Å². The molecule has 0 aliphatic heterocycles. The highest BCUT2D eigenvalue weighted by atomic mass is 15.2. The van der Waals surface area contributed by atoms with Crippen LogP contribution in [0.1, 0.15) is 5.82 Å². The number of aromatic nitrogens is 4. The first-order valence-electron chi connectivity index (χ1n) is 5.08. The lowest BCUT2D eigenvalue weighted by atomic mass is 10.1. The van der Waals surface area contributed by atoms with Crippen molar-refractivity contribution in [3.63, 3.8) is 0 Å². The third-order valence-corrected chi connectivity index (χ3v) is 2.48. The van der Waals surface area contributed by atoms with Gasteiger partial charge in [-0.15, -0.1) is 0 Å². The van der Waals surface area contributed by atoms with Crippen LogP contribution in [0.5, 0.6) is 0 Å². The van der Waals surface area contributed by atoms with Crippen molar-refractivity contribution in [2.75, 3.05) is 0 Å². The zero-order chi connectivity index (χ0) is 11.0. The van der Waals surface area contributed by atoms with Crippen LogP contribution in [0.2, 0.25) is 0 Å². The first kappa shape index (κ1) is 9.03. The molecule has 0 aliphatic carbocycles. The van der Waals surface area contributed by atoms with Crippen LogP contribution >= 0.6 is 0 Å². The average molecular weight is 210 g/mol. The Labute approximate surface area is 92.4 Å². The molecule has 4 heteroatoms. The summed E-state index contributed by atoms with van der Waals surface area (Å²) in [5.74, 6) is 1.53. The number of H-pyrrole nitrogens is 1. The molecule has 1 N–H and O–H groups in total. The Bertz CT molecular complexity index is 637. The summed E-state index contributed by atoms with van der Waals surface area (Å²) in [4.78, 5) is 8.65. The Balaban J connectivity index is 2.31. The lowest BCUT2D eigenvalue weighted by Gasteiger charge is -2.01. The van der Waals surface area contributed by atoms with Crippen LogP contribution in [0.4, 0.5) is 0 Å². The number of nitrogens with one attached hydrogen (secondary N) is 1. The highest BCUT2D eigenvalue weighted by molar-refractivity contribution is 5.92. The number of pyridine rings is 1. The molecule has 0 saturated carbocycles. The van der Waals surface area contributed by atoms with Gasteiger partial charge in [0.15, 0.2) is 5.82 Å². The fourth-order valence-electron chi connectivity index (χ4n) is 1.76. The minimum absolute atomic E-state index is 0.719. The zero-order valence-electron chi connectivity index (χ0n) is 8.81. The Morgan fingerprint density at radius 1 is 1.12 bits per heavy atom. The summed E-state index contributed by atoms with van der Waals surface area (Å²) in [6, 6.07) is 9.91. The average Bonchev–Trinajstić information content (AvgIpc) is 2.75. The van der Waals surface area contributed by atoms with Gasteiger partial charge in [-0.3, -0.25) is 10.1 Å². The van der Waals surface area contributed by atoms with E-state index in [4.69, 9.17) is 0 Å². The van der Waals surface area contributed by atoms with E-state index in [2.05, 4.69) is 20.2 Å². The summed E-state index contributed by atoms with van der Waals surface area (Å²) < 4.78 is 0. The maximum Gasteiger partial charge on any atom is 0.181 e. The third-order valence-electron chi connectivity index (χ3n) is 2.48. The maximum absolute atomic E-state index is 4.34. The molecule has 0 aliphatic rings. The third kappa shape index (κ3) is 1.35. The largest absolute Gasteiger partial charge is 0.263 e. The van der Waals surface area contributed by atoms with Crippen LogP contribution in [0.15, 0.2) is 36.5 Å². The molecule has 2 aromatic heterocycles. The summed E-state index contributed by atoms with van der Waals surface area (Å²) in [5.41, 5.74) is 1.97. The van der Waals surface area contributed by atoms with Crippen LogP contribution in [0.25, 0.3) is 22.3 Å². The molecule has 0 saturated heterocycles. The lowest BCUT2D eigenvalue weighted by Crippen LogP contribution is -1.85. The van der Waals surface area contributed by atoms with Crippen molar-refractivity contribution in [1.82, 2.24) is 20.2 Å². The second-order valence-electron chi connectivity index (χ2n) is 3.62. The smallest absolute Gasteiger partial charge is 0.181 e. The predicted molar refractivity (Wildman–Crippen MR) is 61.9 cm³/mol. The van der Waals surface area contributed by atoms with Gasteiger partial charge in [0, 0.05) is 17.1 Å². The van der Waals surface area contributed by atoms with Crippen LogP contribution in [0, 0.1) is 6.92 Å². The monoisotopic (exact) mass is 210 g/mol. The summed E-state index contributed by atoms with van der Waals surface area (Å²) in [7, 11) is 0. The van der Waals surface area contributed by atoms with Crippen LogP contribution < -0.4 is 0 Å². The van der Waals surface area contributed by atoms with Gasteiger partial charge in [-0.25, -0.2) is 4.98 Å². The van der Waals surface area contributed by atoms with Gasteiger partial charge in [-0.2, -0.15) is 5.10 Å². The van der Waals surface area contributed by atoms with Crippen LogP contribution in [-0.2, 0) is 0 Å². The van der Waals surface area contributed by atoms with E-state index >= 15 is 0 Å². The topological polar surface area (TPSA) is 54.5 Å². The highest BCUT2D eigenvalue weighted by Crippen LogP contribution is 2.24. The Hall–Kier alpha value is -2.23. The van der Waals surface area contributed by atoms with Crippen molar-refractivity contribution >= 4 is 10.9 Å². The molecular formula is C12H10N4. The van der Waals surface area contributed by atoms with Gasteiger partial charge in [0.1, 0.15) is 5.82 Å². The van der Waals surface area contributed by atoms with Crippen LogP contribution in [0.3, 0.4) is 0 Å². The number of rotatable bonds is 1. The molecule has 2 heterocycles. The van der Waals surface area contributed by atoms with Crippen molar-refractivity contribution in [2.24, 2.45) is 0 Å². The van der Waals surface area contributed by atoms with E-state index in [1.165, 1.54) is 0 Å². The van der Waals surface area contributed by atoms with E-state index in [1.807, 2.05) is 37.3 Å². The van der Waals surface area contributed by atoms with Gasteiger partial charge in [0.25, 0.3) is 0 Å². The molecule has 3 aromatic rings. The fourth-order valence-corrected chi connectivity index (χ4v) is 1.76. The maximum atomic E-state index is 4.34. The molecule has 3 rings (SSSR count). The van der Waals surface area contributed by atoms with Crippen LogP contribution in [-0.4, -0.2) is 20.2 Å². The standard InChI is InChI=1S/C12H10N4/c1-8-14-12(16-15-8)10-4-2-6-11-9(10)5-3-7-13-11/h2-7H,1H3,(H,14,15,16). The zero-order valence-corrected chi connectivity index (χ0v) is 8.81. The SMILES string of the molecule is Cc1nc(-c2cccc3ncccc23)n[nH]1. The van der Waals surface area contributed by atoms with Gasteiger partial charge >= 0.3 is 0 Å². The molecule has 16 heavy (non-hydrogen) atoms. The van der Waals surface area contributed by atoms with E-state index in [-0.39, 0.29) is 0 Å². The number of aromatic amines is 1. The highest BCUT2D eigenvalue weighted by Gasteiger charge is 2.07. The molecule has 0 spiro atoms. The predicted octanol–water partition coefficient (Wildman–Crippen LogP) is 2.33. The molecule has 0 fully saturated rings. The molecular weight excluding hydrogens is 200 g/mol. The Morgan fingerprint density at radius 3 is 2.88 bits per heavy atom. The first-order chi connectivity index (χ1) is 7.84. The van der Waals surface area contributed by atoms with Crippen molar-refractivity contribution in [3.8, 4) is 11.4 Å². The Morgan fingerprint density at radius 2 is 2.06 bits per heavy atom. The number of fused-ring (bicyclic) bond motifs is 1. The molecule has 0 unspecified atom stereocenters. The molecule has 4 nitrogen and oxygen atoms in total. The van der Waals surface area contributed by atoms with Gasteiger partial charge in [0.2, 0.25) is 0 Å². The lowest BCUT2D eigenvalue weighted by molar-refractivity contribution is 1.04. The van der Waals surface area contributed by atoms with E-state index in [1.54, 1.807) is 6.20 Å². The van der Waals surface area contributed by atoms with E-state index < -0.39 is 0 Å². The van der Waals surface area contributed by atoms with Crippen molar-refractivity contribution < 1.29 is 0 Å². The first-order valence-corrected chi connectivity index (χ1v) is 5.08. The number of nitrogens with zero attached hydrogens (tertiary/aromatic N) is 3. The molecule has 78 valence electrons. The normalized spacial score (nSPS) is 10.8. The minimum Gasteiger partial charge on any atom is -0.263 e. The second kappa shape index (κ2) is 3.41. The number of hydrogen-bond acceptors (Lipinski definition) is 3. The van der Waals surface area contributed by atoms with Gasteiger partial charge in [-0.05, 0) is 19.1 Å². The van der Waals surface area contributed by atoms with Crippen molar-refractivity contribution in [2.45, 2.75) is 6.92 Å². The summed E-state index contributed by atoms with van der Waals surface area (Å²) in [6.45, 7) is 1.89. The van der Waals surface area contributed by atoms with E-state index in [0.29, 0.717) is 0 Å². The summed E-state index contributed by atoms with van der Waals surface area (Å²) in [5, 5.41) is 8.10. The molecule has 0 bridgehead atoms. The quantitative estimate of drug-likeness (QED) is 0.670. The number of hydrogen-bond donors (Lipinski definition) is 1. The molecule has 1 aromatic carbocycles. The molecule has 0 atom stereocenters. The van der Waals surface area contributed by atoms with E-state index in [0.717, 1.165) is 28.1 Å².